The summed E-state index contributed by atoms with van der Waals surface area (Å²) in [4.78, 5) is 5.40. The number of hydrogen-bond donors (Lipinski definition) is 0. The lowest BCUT2D eigenvalue weighted by Crippen LogP contribution is -2.55. The van der Waals surface area contributed by atoms with Gasteiger partial charge in [-0.2, -0.15) is 0 Å². The van der Waals surface area contributed by atoms with Gasteiger partial charge in [-0.05, 0) is 38.6 Å². The Kier molecular flexibility index (Phi) is 3.18. The quantitative estimate of drug-likeness (QED) is 0.704. The maximum atomic E-state index is 5.63. The van der Waals surface area contributed by atoms with E-state index < -0.39 is 0 Å². The van der Waals surface area contributed by atoms with E-state index >= 15 is 0 Å². The van der Waals surface area contributed by atoms with Crippen molar-refractivity contribution in [2.45, 2.75) is 50.3 Å². The number of hydrogen-bond acceptors (Lipinski definition) is 3. The molecule has 3 nitrogen and oxygen atoms in total. The van der Waals surface area contributed by atoms with Crippen LogP contribution in [0.25, 0.3) is 0 Å². The molecule has 1 saturated carbocycles. The van der Waals surface area contributed by atoms with Gasteiger partial charge in [-0.25, -0.2) is 0 Å². The molecule has 1 aliphatic carbocycles. The Labute approximate surface area is 98.7 Å². The molecule has 3 atom stereocenters. The summed E-state index contributed by atoms with van der Waals surface area (Å²) in [6.07, 6.45) is 7.32. The van der Waals surface area contributed by atoms with Crippen molar-refractivity contribution in [2.75, 3.05) is 33.3 Å². The first-order chi connectivity index (χ1) is 7.88. The summed E-state index contributed by atoms with van der Waals surface area (Å²) in [7, 11) is 1.88. The third-order valence-electron chi connectivity index (χ3n) is 4.81. The average Bonchev–Trinajstić information content (AvgIpc) is 2.96. The van der Waals surface area contributed by atoms with Crippen molar-refractivity contribution < 1.29 is 4.74 Å². The molecule has 0 N–H and O–H groups in total. The van der Waals surface area contributed by atoms with E-state index in [1.54, 1.807) is 0 Å². The number of ether oxygens (including phenoxy) is 1. The second kappa shape index (κ2) is 4.63. The summed E-state index contributed by atoms with van der Waals surface area (Å²) < 4.78 is 5.63. The Hall–Kier alpha value is -0.120. The Balaban J connectivity index is 1.62. The van der Waals surface area contributed by atoms with Crippen LogP contribution in [0, 0.1) is 0 Å². The van der Waals surface area contributed by atoms with Crippen molar-refractivity contribution in [2.24, 2.45) is 0 Å². The van der Waals surface area contributed by atoms with E-state index in [2.05, 4.69) is 9.80 Å². The van der Waals surface area contributed by atoms with Gasteiger partial charge in [0.05, 0.1) is 6.10 Å². The molecule has 16 heavy (non-hydrogen) atoms. The summed E-state index contributed by atoms with van der Waals surface area (Å²) in [5.74, 6) is 0. The number of piperazine rings is 1. The maximum absolute atomic E-state index is 5.63. The smallest absolute Gasteiger partial charge is 0.0726 e. The minimum absolute atomic E-state index is 0.507. The van der Waals surface area contributed by atoms with Crippen molar-refractivity contribution in [1.29, 1.82) is 0 Å². The van der Waals surface area contributed by atoms with E-state index in [1.807, 2.05) is 7.11 Å². The second-order valence-corrected chi connectivity index (χ2v) is 5.60. The van der Waals surface area contributed by atoms with Crippen LogP contribution >= 0.6 is 0 Å². The molecule has 3 aliphatic rings. The molecular formula is C13H24N2O. The van der Waals surface area contributed by atoms with Gasteiger partial charge in [-0.3, -0.25) is 9.80 Å². The third kappa shape index (κ3) is 1.89. The average molecular weight is 224 g/mol. The van der Waals surface area contributed by atoms with Gasteiger partial charge in [0.1, 0.15) is 0 Å². The zero-order valence-corrected chi connectivity index (χ0v) is 10.4. The van der Waals surface area contributed by atoms with E-state index in [1.165, 1.54) is 58.3 Å². The molecular weight excluding hydrogens is 200 g/mol. The van der Waals surface area contributed by atoms with E-state index in [-0.39, 0.29) is 0 Å². The highest BCUT2D eigenvalue weighted by Gasteiger charge is 2.38. The van der Waals surface area contributed by atoms with Crippen molar-refractivity contribution in [3.63, 3.8) is 0 Å². The van der Waals surface area contributed by atoms with Crippen LogP contribution < -0.4 is 0 Å². The first-order valence-electron chi connectivity index (χ1n) is 6.89. The highest BCUT2D eigenvalue weighted by Crippen LogP contribution is 2.30. The lowest BCUT2D eigenvalue weighted by atomic mass is 10.1. The van der Waals surface area contributed by atoms with Crippen LogP contribution in [0.15, 0.2) is 0 Å². The van der Waals surface area contributed by atoms with Crippen LogP contribution in [0.5, 0.6) is 0 Å². The van der Waals surface area contributed by atoms with Crippen LogP contribution in [0.4, 0.5) is 0 Å². The monoisotopic (exact) mass is 224 g/mol. The predicted octanol–water partition coefficient (Wildman–Crippen LogP) is 1.33. The zero-order valence-electron chi connectivity index (χ0n) is 10.4. The molecule has 0 amide bonds. The van der Waals surface area contributed by atoms with Crippen molar-refractivity contribution >= 4 is 0 Å². The summed E-state index contributed by atoms with van der Waals surface area (Å²) in [5, 5.41) is 0. The van der Waals surface area contributed by atoms with Gasteiger partial charge in [-0.1, -0.05) is 0 Å². The number of methoxy groups -OCH3 is 1. The molecule has 0 radical (unpaired) electrons. The fraction of sp³-hybridized carbons (Fsp3) is 1.00. The van der Waals surface area contributed by atoms with Gasteiger partial charge in [-0.15, -0.1) is 0 Å². The van der Waals surface area contributed by atoms with Gasteiger partial charge in [0.15, 0.2) is 0 Å². The van der Waals surface area contributed by atoms with E-state index in [0.29, 0.717) is 12.1 Å². The zero-order chi connectivity index (χ0) is 11.0. The first-order valence-corrected chi connectivity index (χ1v) is 6.89. The highest BCUT2D eigenvalue weighted by atomic mass is 16.5. The molecule has 2 saturated heterocycles. The van der Waals surface area contributed by atoms with Crippen LogP contribution in [-0.2, 0) is 4.74 Å². The lowest BCUT2D eigenvalue weighted by Gasteiger charge is -2.42. The maximum Gasteiger partial charge on any atom is 0.0726 e. The summed E-state index contributed by atoms with van der Waals surface area (Å²) in [6, 6.07) is 1.57. The molecule has 0 aromatic carbocycles. The third-order valence-corrected chi connectivity index (χ3v) is 4.81. The number of nitrogens with zero attached hydrogens (tertiary/aromatic N) is 2. The summed E-state index contributed by atoms with van der Waals surface area (Å²) >= 11 is 0. The van der Waals surface area contributed by atoms with Crippen LogP contribution in [0.1, 0.15) is 32.1 Å². The van der Waals surface area contributed by atoms with E-state index in [0.717, 1.165) is 6.04 Å². The fourth-order valence-corrected chi connectivity index (χ4v) is 3.92. The second-order valence-electron chi connectivity index (χ2n) is 5.60. The minimum atomic E-state index is 0.507. The van der Waals surface area contributed by atoms with Crippen LogP contribution in [0.3, 0.4) is 0 Å². The molecule has 3 fully saturated rings. The topological polar surface area (TPSA) is 15.7 Å². The Bertz CT molecular complexity index is 246. The Morgan fingerprint density at radius 2 is 1.81 bits per heavy atom. The standard InChI is InChI=1S/C13H24N2O/c1-16-13-6-2-5-12(13)15-9-8-14-7-3-4-11(14)10-15/h11-13H,2-10H2,1H3. The van der Waals surface area contributed by atoms with Crippen molar-refractivity contribution in [1.82, 2.24) is 9.80 Å². The van der Waals surface area contributed by atoms with Gasteiger partial charge < -0.3 is 4.74 Å². The van der Waals surface area contributed by atoms with Gasteiger partial charge in [0, 0.05) is 38.8 Å². The van der Waals surface area contributed by atoms with E-state index in [4.69, 9.17) is 4.74 Å². The number of fused-ring (bicyclic) bond motifs is 1. The Morgan fingerprint density at radius 1 is 0.938 bits per heavy atom. The van der Waals surface area contributed by atoms with Crippen molar-refractivity contribution in [3.8, 4) is 0 Å². The van der Waals surface area contributed by atoms with Gasteiger partial charge >= 0.3 is 0 Å². The molecule has 0 aromatic rings. The molecule has 3 rings (SSSR count). The number of rotatable bonds is 2. The van der Waals surface area contributed by atoms with Crippen LogP contribution in [0.2, 0.25) is 0 Å². The molecule has 2 heterocycles. The molecule has 3 heteroatoms. The normalized spacial score (nSPS) is 41.4. The predicted molar refractivity (Wildman–Crippen MR) is 64.6 cm³/mol. The molecule has 2 aliphatic heterocycles. The summed E-state index contributed by atoms with van der Waals surface area (Å²) in [5.41, 5.74) is 0. The van der Waals surface area contributed by atoms with Gasteiger partial charge in [0.25, 0.3) is 0 Å². The Morgan fingerprint density at radius 3 is 2.69 bits per heavy atom. The van der Waals surface area contributed by atoms with Crippen molar-refractivity contribution in [3.05, 3.63) is 0 Å². The largest absolute Gasteiger partial charge is 0.380 e. The first kappa shape index (κ1) is 11.0. The molecule has 0 spiro atoms. The lowest BCUT2D eigenvalue weighted by molar-refractivity contribution is 0.000909. The van der Waals surface area contributed by atoms with E-state index in [9.17, 15) is 0 Å². The fourth-order valence-electron chi connectivity index (χ4n) is 3.92. The minimum Gasteiger partial charge on any atom is -0.380 e. The molecule has 3 unspecified atom stereocenters. The summed E-state index contributed by atoms with van der Waals surface area (Å²) in [6.45, 7) is 5.19. The highest BCUT2D eigenvalue weighted by molar-refractivity contribution is 4.93. The van der Waals surface area contributed by atoms with Gasteiger partial charge in [0.2, 0.25) is 0 Å². The molecule has 92 valence electrons. The molecule has 0 bridgehead atoms. The SMILES string of the molecule is COC1CCCC1N1CCN2CCCC2C1. The van der Waals surface area contributed by atoms with Crippen LogP contribution in [-0.4, -0.2) is 61.3 Å². The molecule has 0 aromatic heterocycles.